The highest BCUT2D eigenvalue weighted by Crippen LogP contribution is 2.22. The zero-order valence-corrected chi connectivity index (χ0v) is 10.5. The smallest absolute Gasteiger partial charge is 0.244 e. The maximum Gasteiger partial charge on any atom is 0.244 e. The zero-order valence-electron chi connectivity index (χ0n) is 10.5. The molecule has 0 bridgehead atoms. The van der Waals surface area contributed by atoms with E-state index >= 15 is 0 Å². The average molecular weight is 232 g/mol. The summed E-state index contributed by atoms with van der Waals surface area (Å²) in [5.74, 6) is 0.0795. The van der Waals surface area contributed by atoms with Gasteiger partial charge in [0.2, 0.25) is 5.91 Å². The fraction of sp³-hybridized carbons (Fsp3) is 0.500. The molecule has 92 valence electrons. The number of hydrogen-bond acceptors (Lipinski definition) is 2. The van der Waals surface area contributed by atoms with Crippen molar-refractivity contribution in [1.29, 1.82) is 0 Å². The summed E-state index contributed by atoms with van der Waals surface area (Å²) in [5, 5.41) is 6.32. The lowest BCUT2D eigenvalue weighted by Gasteiger charge is -2.23. The van der Waals surface area contributed by atoms with Crippen molar-refractivity contribution in [2.24, 2.45) is 0 Å². The number of para-hydroxylation sites is 1. The lowest BCUT2D eigenvalue weighted by Crippen LogP contribution is -2.48. The van der Waals surface area contributed by atoms with Gasteiger partial charge in [-0.05, 0) is 44.4 Å². The fourth-order valence-corrected chi connectivity index (χ4v) is 2.30. The average Bonchev–Trinajstić information content (AvgIpc) is 2.78. The first kappa shape index (κ1) is 12.1. The van der Waals surface area contributed by atoms with Crippen molar-refractivity contribution < 1.29 is 4.79 Å². The first-order valence-corrected chi connectivity index (χ1v) is 6.30. The van der Waals surface area contributed by atoms with Crippen molar-refractivity contribution in [3.63, 3.8) is 0 Å². The van der Waals surface area contributed by atoms with Crippen molar-refractivity contribution >= 4 is 11.6 Å². The standard InChI is InChI=1S/C14H20N2O/c1-3-11-7-4-5-8-12(11)16-13(17)14(2)9-6-10-15-14/h4-5,7-8,15H,3,6,9-10H2,1-2H3,(H,16,17). The topological polar surface area (TPSA) is 41.1 Å². The van der Waals surface area contributed by atoms with E-state index in [0.717, 1.165) is 31.5 Å². The van der Waals surface area contributed by atoms with Gasteiger partial charge in [0.05, 0.1) is 5.54 Å². The normalized spacial score (nSPS) is 23.6. The number of carbonyl (C=O) groups is 1. The molecule has 0 radical (unpaired) electrons. The maximum absolute atomic E-state index is 12.2. The van der Waals surface area contributed by atoms with Gasteiger partial charge in [-0.25, -0.2) is 0 Å². The van der Waals surface area contributed by atoms with Gasteiger partial charge in [0.1, 0.15) is 0 Å². The molecule has 1 saturated heterocycles. The van der Waals surface area contributed by atoms with Crippen LogP contribution in [0.2, 0.25) is 0 Å². The molecule has 3 heteroatoms. The van der Waals surface area contributed by atoms with Gasteiger partial charge in [-0.1, -0.05) is 25.1 Å². The van der Waals surface area contributed by atoms with E-state index in [0.29, 0.717) is 0 Å². The lowest BCUT2D eigenvalue weighted by atomic mass is 9.99. The SMILES string of the molecule is CCc1ccccc1NC(=O)C1(C)CCCN1. The van der Waals surface area contributed by atoms with Crippen LogP contribution < -0.4 is 10.6 Å². The Hall–Kier alpha value is -1.35. The third-order valence-electron chi connectivity index (χ3n) is 3.52. The Morgan fingerprint density at radius 2 is 2.24 bits per heavy atom. The molecule has 1 unspecified atom stereocenters. The first-order valence-electron chi connectivity index (χ1n) is 6.30. The van der Waals surface area contributed by atoms with Crippen LogP contribution in [0.4, 0.5) is 5.69 Å². The summed E-state index contributed by atoms with van der Waals surface area (Å²) in [5.41, 5.74) is 1.72. The molecule has 17 heavy (non-hydrogen) atoms. The molecule has 0 aliphatic carbocycles. The molecule has 0 spiro atoms. The third kappa shape index (κ3) is 2.50. The van der Waals surface area contributed by atoms with E-state index in [1.165, 1.54) is 5.56 Å². The Morgan fingerprint density at radius 3 is 2.88 bits per heavy atom. The fourth-order valence-electron chi connectivity index (χ4n) is 2.30. The number of amides is 1. The second-order valence-corrected chi connectivity index (χ2v) is 4.83. The van der Waals surface area contributed by atoms with Crippen molar-refractivity contribution in [2.45, 2.75) is 38.6 Å². The number of carbonyl (C=O) groups excluding carboxylic acids is 1. The quantitative estimate of drug-likeness (QED) is 0.839. The van der Waals surface area contributed by atoms with Crippen LogP contribution in [0.1, 0.15) is 32.3 Å². The van der Waals surface area contributed by atoms with Crippen LogP contribution in [-0.4, -0.2) is 18.0 Å². The Morgan fingerprint density at radius 1 is 1.47 bits per heavy atom. The molecule has 2 N–H and O–H groups in total. The van der Waals surface area contributed by atoms with Gasteiger partial charge in [-0.3, -0.25) is 4.79 Å². The molecule has 3 nitrogen and oxygen atoms in total. The largest absolute Gasteiger partial charge is 0.324 e. The first-order chi connectivity index (χ1) is 8.15. The summed E-state index contributed by atoms with van der Waals surface area (Å²) in [6, 6.07) is 7.98. The van der Waals surface area contributed by atoms with Crippen molar-refractivity contribution in [3.8, 4) is 0 Å². The summed E-state index contributed by atoms with van der Waals surface area (Å²) in [6.07, 6.45) is 2.91. The van der Waals surface area contributed by atoms with Crippen LogP contribution in [0, 0.1) is 0 Å². The van der Waals surface area contributed by atoms with Crippen LogP contribution in [0.15, 0.2) is 24.3 Å². The highest BCUT2D eigenvalue weighted by Gasteiger charge is 2.35. The monoisotopic (exact) mass is 232 g/mol. The van der Waals surface area contributed by atoms with Crippen LogP contribution in [0.5, 0.6) is 0 Å². The minimum atomic E-state index is -0.402. The molecule has 0 aromatic heterocycles. The van der Waals surface area contributed by atoms with E-state index in [-0.39, 0.29) is 5.91 Å². The summed E-state index contributed by atoms with van der Waals surface area (Å²) < 4.78 is 0. The van der Waals surface area contributed by atoms with Crippen LogP contribution in [0.25, 0.3) is 0 Å². The van der Waals surface area contributed by atoms with Crippen LogP contribution in [0.3, 0.4) is 0 Å². The number of benzene rings is 1. The Balaban J connectivity index is 2.12. The third-order valence-corrected chi connectivity index (χ3v) is 3.52. The van der Waals surface area contributed by atoms with E-state index in [1.807, 2.05) is 25.1 Å². The van der Waals surface area contributed by atoms with E-state index in [2.05, 4.69) is 23.6 Å². The van der Waals surface area contributed by atoms with E-state index in [1.54, 1.807) is 0 Å². The van der Waals surface area contributed by atoms with E-state index < -0.39 is 5.54 Å². The summed E-state index contributed by atoms with van der Waals surface area (Å²) in [4.78, 5) is 12.2. The molecule has 1 aliphatic heterocycles. The van der Waals surface area contributed by atoms with Crippen molar-refractivity contribution in [3.05, 3.63) is 29.8 Å². The number of nitrogens with one attached hydrogen (secondary N) is 2. The van der Waals surface area contributed by atoms with Gasteiger partial charge < -0.3 is 10.6 Å². The van der Waals surface area contributed by atoms with Crippen molar-refractivity contribution in [1.82, 2.24) is 5.32 Å². The number of aryl methyl sites for hydroxylation is 1. The molecule has 1 amide bonds. The highest BCUT2D eigenvalue weighted by molar-refractivity contribution is 5.98. The molecule has 1 heterocycles. The van der Waals surface area contributed by atoms with Gasteiger partial charge in [-0.2, -0.15) is 0 Å². The molecule has 1 atom stereocenters. The van der Waals surface area contributed by atoms with Gasteiger partial charge in [-0.15, -0.1) is 0 Å². The Labute approximate surface area is 103 Å². The molecule has 2 rings (SSSR count). The number of hydrogen-bond donors (Lipinski definition) is 2. The second kappa shape index (κ2) is 4.88. The highest BCUT2D eigenvalue weighted by atomic mass is 16.2. The van der Waals surface area contributed by atoms with Gasteiger partial charge in [0, 0.05) is 5.69 Å². The minimum absolute atomic E-state index is 0.0795. The minimum Gasteiger partial charge on any atom is -0.324 e. The predicted octanol–water partition coefficient (Wildman–Crippen LogP) is 2.33. The zero-order chi connectivity index (χ0) is 12.3. The van der Waals surface area contributed by atoms with E-state index in [4.69, 9.17) is 0 Å². The lowest BCUT2D eigenvalue weighted by molar-refractivity contribution is -0.121. The molecule has 1 aromatic carbocycles. The molecule has 1 aliphatic rings. The van der Waals surface area contributed by atoms with Gasteiger partial charge in [0.15, 0.2) is 0 Å². The number of anilines is 1. The summed E-state index contributed by atoms with van der Waals surface area (Å²) >= 11 is 0. The maximum atomic E-state index is 12.2. The Kier molecular flexibility index (Phi) is 3.48. The summed E-state index contributed by atoms with van der Waals surface area (Å²) in [7, 11) is 0. The molecule has 1 fully saturated rings. The van der Waals surface area contributed by atoms with Gasteiger partial charge in [0.25, 0.3) is 0 Å². The van der Waals surface area contributed by atoms with Crippen LogP contribution in [-0.2, 0) is 11.2 Å². The predicted molar refractivity (Wildman–Crippen MR) is 70.1 cm³/mol. The summed E-state index contributed by atoms with van der Waals surface area (Å²) in [6.45, 7) is 5.00. The van der Waals surface area contributed by atoms with Crippen LogP contribution >= 0.6 is 0 Å². The second-order valence-electron chi connectivity index (χ2n) is 4.83. The molecular formula is C14H20N2O. The van der Waals surface area contributed by atoms with E-state index in [9.17, 15) is 4.79 Å². The molecule has 0 saturated carbocycles. The molecule has 1 aromatic rings. The molecular weight excluding hydrogens is 212 g/mol. The Bertz CT molecular complexity index is 408. The van der Waals surface area contributed by atoms with Crippen molar-refractivity contribution in [2.75, 3.05) is 11.9 Å². The van der Waals surface area contributed by atoms with Gasteiger partial charge >= 0.3 is 0 Å². The number of rotatable bonds is 3.